The second-order valence-corrected chi connectivity index (χ2v) is 9.78. The summed E-state index contributed by atoms with van der Waals surface area (Å²) in [5, 5.41) is 0. The molecule has 0 spiro atoms. The van der Waals surface area contributed by atoms with E-state index in [2.05, 4.69) is 57.8 Å². The molecule has 4 aromatic rings. The molecule has 1 unspecified atom stereocenters. The molecule has 0 aliphatic carbocycles. The summed E-state index contributed by atoms with van der Waals surface area (Å²) in [7, 11) is 0. The molecule has 1 aliphatic rings. The monoisotopic (exact) mass is 517 g/mol. The third kappa shape index (κ3) is 4.87. The Balaban J connectivity index is 1.29. The zero-order chi connectivity index (χ0) is 23.5. The van der Waals surface area contributed by atoms with Gasteiger partial charge in [-0.1, -0.05) is 40.2 Å². The predicted molar refractivity (Wildman–Crippen MR) is 139 cm³/mol. The van der Waals surface area contributed by atoms with E-state index in [4.69, 9.17) is 9.72 Å². The van der Waals surface area contributed by atoms with Crippen molar-refractivity contribution in [2.45, 2.75) is 38.6 Å². The van der Waals surface area contributed by atoms with Gasteiger partial charge in [-0.25, -0.2) is 4.98 Å². The van der Waals surface area contributed by atoms with Crippen molar-refractivity contribution >= 4 is 38.6 Å². The minimum absolute atomic E-state index is 0.0760. The molecule has 0 saturated carbocycles. The van der Waals surface area contributed by atoms with E-state index in [1.807, 2.05) is 47.4 Å². The molecule has 3 aromatic carbocycles. The van der Waals surface area contributed by atoms with Gasteiger partial charge in [0, 0.05) is 35.6 Å². The number of halogens is 1. The predicted octanol–water partition coefficient (Wildman–Crippen LogP) is 6.49. The lowest BCUT2D eigenvalue weighted by atomic mass is 10.1. The largest absolute Gasteiger partial charge is 0.494 e. The molecule has 1 amide bonds. The Morgan fingerprint density at radius 2 is 1.85 bits per heavy atom. The van der Waals surface area contributed by atoms with Crippen LogP contribution in [-0.4, -0.2) is 28.6 Å². The number of amides is 1. The highest BCUT2D eigenvalue weighted by Gasteiger charge is 2.34. The molecule has 34 heavy (non-hydrogen) atoms. The summed E-state index contributed by atoms with van der Waals surface area (Å²) in [5.74, 6) is 2.16. The minimum atomic E-state index is 0.0760. The summed E-state index contributed by atoms with van der Waals surface area (Å²) in [6.45, 7) is 4.27. The number of carbonyl (C=O) groups is 1. The number of hydrogen-bond acceptors (Lipinski definition) is 3. The van der Waals surface area contributed by atoms with Crippen molar-refractivity contribution in [3.8, 4) is 5.75 Å². The molecule has 5 rings (SSSR count). The van der Waals surface area contributed by atoms with Gasteiger partial charge in [0.1, 0.15) is 11.6 Å². The van der Waals surface area contributed by atoms with Gasteiger partial charge in [0.25, 0.3) is 0 Å². The number of aromatic nitrogens is 2. The van der Waals surface area contributed by atoms with E-state index >= 15 is 0 Å². The van der Waals surface area contributed by atoms with Gasteiger partial charge in [0.15, 0.2) is 0 Å². The zero-order valence-corrected chi connectivity index (χ0v) is 20.9. The highest BCUT2D eigenvalue weighted by molar-refractivity contribution is 9.10. The number of rotatable bonds is 8. The van der Waals surface area contributed by atoms with Crippen LogP contribution in [0.15, 0.2) is 77.3 Å². The number of hydrogen-bond donors (Lipinski definition) is 0. The summed E-state index contributed by atoms with van der Waals surface area (Å²) >= 11 is 3.47. The van der Waals surface area contributed by atoms with Crippen LogP contribution in [0.4, 0.5) is 5.69 Å². The summed E-state index contributed by atoms with van der Waals surface area (Å²) < 4.78 is 9.25. The molecule has 0 radical (unpaired) electrons. The van der Waals surface area contributed by atoms with E-state index < -0.39 is 0 Å². The lowest BCUT2D eigenvalue weighted by Crippen LogP contribution is -2.24. The van der Waals surface area contributed by atoms with Crippen molar-refractivity contribution in [2.24, 2.45) is 0 Å². The van der Waals surface area contributed by atoms with Crippen molar-refractivity contribution in [3.63, 3.8) is 0 Å². The van der Waals surface area contributed by atoms with Gasteiger partial charge < -0.3 is 14.2 Å². The van der Waals surface area contributed by atoms with E-state index in [9.17, 15) is 4.79 Å². The number of unbranched alkanes of at least 4 members (excludes halogenated alkanes) is 1. The fraction of sp³-hybridized carbons (Fsp3) is 0.286. The highest BCUT2D eigenvalue weighted by atomic mass is 79.9. The van der Waals surface area contributed by atoms with Gasteiger partial charge in [-0.3, -0.25) is 4.79 Å². The third-order valence-electron chi connectivity index (χ3n) is 6.35. The first-order valence-electron chi connectivity index (χ1n) is 11.8. The van der Waals surface area contributed by atoms with Gasteiger partial charge in [-0.05, 0) is 73.9 Å². The number of ether oxygens (including phenoxy) is 1. The maximum Gasteiger partial charge on any atom is 0.227 e. The molecule has 1 fully saturated rings. The van der Waals surface area contributed by atoms with Crippen LogP contribution in [0.3, 0.4) is 0 Å². The summed E-state index contributed by atoms with van der Waals surface area (Å²) in [4.78, 5) is 19.7. The Kier molecular flexibility index (Phi) is 6.68. The number of aryl methyl sites for hydroxylation is 2. The molecule has 1 saturated heterocycles. The van der Waals surface area contributed by atoms with Crippen molar-refractivity contribution in [2.75, 3.05) is 18.1 Å². The van der Waals surface area contributed by atoms with Crippen molar-refractivity contribution in [1.82, 2.24) is 9.55 Å². The van der Waals surface area contributed by atoms with Crippen molar-refractivity contribution in [1.29, 1.82) is 0 Å². The van der Waals surface area contributed by atoms with Crippen LogP contribution in [0.1, 0.15) is 36.6 Å². The Labute approximate surface area is 208 Å². The number of nitrogens with zero attached hydrogens (tertiary/aromatic N) is 3. The van der Waals surface area contributed by atoms with E-state index in [1.54, 1.807) is 0 Å². The highest BCUT2D eigenvalue weighted by Crippen LogP contribution is 2.33. The Bertz CT molecular complexity index is 1300. The Morgan fingerprint density at radius 3 is 2.68 bits per heavy atom. The maximum absolute atomic E-state index is 12.9. The van der Waals surface area contributed by atoms with Crippen LogP contribution >= 0.6 is 15.9 Å². The average molecular weight is 518 g/mol. The molecule has 1 atom stereocenters. The smallest absolute Gasteiger partial charge is 0.227 e. The van der Waals surface area contributed by atoms with Crippen LogP contribution in [0, 0.1) is 6.92 Å². The molecular weight excluding hydrogens is 490 g/mol. The number of benzene rings is 3. The third-order valence-corrected chi connectivity index (χ3v) is 6.88. The van der Waals surface area contributed by atoms with Gasteiger partial charge in [-0.15, -0.1) is 0 Å². The standard InChI is InChI=1S/C28H28BrN3O2/c1-20-7-6-8-24(17-20)34-16-5-4-15-31-26-10-3-2-9-25(26)30-28(31)21-18-27(33)32(19-21)23-13-11-22(29)12-14-23/h2-3,6-14,17,21H,4-5,15-16,18-19H2,1H3. The topological polar surface area (TPSA) is 47.4 Å². The lowest BCUT2D eigenvalue weighted by molar-refractivity contribution is -0.117. The van der Waals surface area contributed by atoms with E-state index in [1.165, 1.54) is 5.56 Å². The quantitative estimate of drug-likeness (QED) is 0.251. The normalized spacial score (nSPS) is 15.9. The SMILES string of the molecule is Cc1cccc(OCCCCn2c(C3CC(=O)N(c4ccc(Br)cc4)C3)nc3ccccc32)c1. The molecular formula is C28H28BrN3O2. The first-order chi connectivity index (χ1) is 16.6. The Morgan fingerprint density at radius 1 is 1.03 bits per heavy atom. The van der Waals surface area contributed by atoms with E-state index in [0.717, 1.165) is 52.2 Å². The second kappa shape index (κ2) is 10.0. The van der Waals surface area contributed by atoms with Crippen LogP contribution in [0.25, 0.3) is 11.0 Å². The fourth-order valence-corrected chi connectivity index (χ4v) is 4.92. The molecule has 0 bridgehead atoms. The first-order valence-corrected chi connectivity index (χ1v) is 12.6. The zero-order valence-electron chi connectivity index (χ0n) is 19.3. The first kappa shape index (κ1) is 22.7. The molecule has 0 N–H and O–H groups in total. The van der Waals surface area contributed by atoms with Crippen molar-refractivity contribution < 1.29 is 9.53 Å². The van der Waals surface area contributed by atoms with Gasteiger partial charge in [0.05, 0.1) is 17.6 Å². The molecule has 2 heterocycles. The molecule has 5 nitrogen and oxygen atoms in total. The summed E-state index contributed by atoms with van der Waals surface area (Å²) in [5.41, 5.74) is 4.26. The van der Waals surface area contributed by atoms with E-state index in [-0.39, 0.29) is 11.8 Å². The average Bonchev–Trinajstić information content (AvgIpc) is 3.40. The lowest BCUT2D eigenvalue weighted by Gasteiger charge is -2.17. The van der Waals surface area contributed by atoms with Gasteiger partial charge >= 0.3 is 0 Å². The molecule has 6 heteroatoms. The van der Waals surface area contributed by atoms with Gasteiger partial charge in [0.2, 0.25) is 5.91 Å². The van der Waals surface area contributed by atoms with Crippen molar-refractivity contribution in [3.05, 3.63) is 88.7 Å². The maximum atomic E-state index is 12.9. The van der Waals surface area contributed by atoms with Crippen LogP contribution < -0.4 is 9.64 Å². The number of carbonyl (C=O) groups excluding carboxylic acids is 1. The fourth-order valence-electron chi connectivity index (χ4n) is 4.66. The second-order valence-electron chi connectivity index (χ2n) is 8.86. The number of para-hydroxylation sites is 2. The molecule has 1 aromatic heterocycles. The van der Waals surface area contributed by atoms with E-state index in [0.29, 0.717) is 19.6 Å². The van der Waals surface area contributed by atoms with Crippen LogP contribution in [0.5, 0.6) is 5.75 Å². The van der Waals surface area contributed by atoms with Gasteiger partial charge in [-0.2, -0.15) is 0 Å². The number of imidazole rings is 1. The number of fused-ring (bicyclic) bond motifs is 1. The summed E-state index contributed by atoms with van der Waals surface area (Å²) in [6.07, 6.45) is 2.42. The summed E-state index contributed by atoms with van der Waals surface area (Å²) in [6, 6.07) is 24.3. The Hall–Kier alpha value is -3.12. The van der Waals surface area contributed by atoms with Crippen LogP contribution in [0.2, 0.25) is 0 Å². The molecule has 1 aliphatic heterocycles. The van der Waals surface area contributed by atoms with Crippen LogP contribution in [-0.2, 0) is 11.3 Å². The molecule has 174 valence electrons. The minimum Gasteiger partial charge on any atom is -0.494 e. The number of anilines is 1.